The summed E-state index contributed by atoms with van der Waals surface area (Å²) < 4.78 is 31.9. The lowest BCUT2D eigenvalue weighted by Crippen LogP contribution is -2.34. The van der Waals surface area contributed by atoms with Gasteiger partial charge in [-0.3, -0.25) is 9.59 Å². The fourth-order valence-corrected chi connectivity index (χ4v) is 2.16. The molecule has 3 rings (SSSR count). The number of fused-ring (bicyclic) bond motifs is 1. The summed E-state index contributed by atoms with van der Waals surface area (Å²) in [6.07, 6.45) is -0.601. The summed E-state index contributed by atoms with van der Waals surface area (Å²) in [5.41, 5.74) is 0.472. The van der Waals surface area contributed by atoms with E-state index in [9.17, 15) is 18.4 Å². The number of carbonyl (C=O) groups excluding carboxylic acids is 2. The molecule has 0 spiro atoms. The SMILES string of the molecule is C[C@H]1Oc2ccc(NC(=O)c3ccc(F)cc3F)cc2NC1=O. The highest BCUT2D eigenvalue weighted by molar-refractivity contribution is 6.05. The van der Waals surface area contributed by atoms with Crippen LogP contribution in [0.3, 0.4) is 0 Å². The van der Waals surface area contributed by atoms with Gasteiger partial charge in [0.25, 0.3) is 11.8 Å². The van der Waals surface area contributed by atoms with E-state index in [1.54, 1.807) is 19.1 Å². The largest absolute Gasteiger partial charge is 0.479 e. The molecule has 23 heavy (non-hydrogen) atoms. The molecule has 0 radical (unpaired) electrons. The van der Waals surface area contributed by atoms with E-state index in [0.717, 1.165) is 12.1 Å². The average molecular weight is 318 g/mol. The summed E-state index contributed by atoms with van der Waals surface area (Å²) in [6.45, 7) is 1.62. The van der Waals surface area contributed by atoms with Crippen LogP contribution in [0.4, 0.5) is 20.2 Å². The second-order valence-electron chi connectivity index (χ2n) is 5.04. The van der Waals surface area contributed by atoms with Crippen molar-refractivity contribution < 1.29 is 23.1 Å². The quantitative estimate of drug-likeness (QED) is 0.894. The number of hydrogen-bond donors (Lipinski definition) is 2. The van der Waals surface area contributed by atoms with Gasteiger partial charge in [-0.05, 0) is 37.3 Å². The van der Waals surface area contributed by atoms with E-state index >= 15 is 0 Å². The first-order valence-corrected chi connectivity index (χ1v) is 6.82. The minimum Gasteiger partial charge on any atom is -0.479 e. The molecule has 0 unspecified atom stereocenters. The molecule has 0 bridgehead atoms. The summed E-state index contributed by atoms with van der Waals surface area (Å²) in [5, 5.41) is 5.13. The van der Waals surface area contributed by atoms with Crippen molar-refractivity contribution in [3.05, 3.63) is 53.6 Å². The molecule has 2 aromatic carbocycles. The van der Waals surface area contributed by atoms with Gasteiger partial charge in [-0.1, -0.05) is 0 Å². The first kappa shape index (κ1) is 15.0. The summed E-state index contributed by atoms with van der Waals surface area (Å²) >= 11 is 0. The summed E-state index contributed by atoms with van der Waals surface area (Å²) in [4.78, 5) is 23.6. The van der Waals surface area contributed by atoms with Crippen LogP contribution in [-0.2, 0) is 4.79 Å². The summed E-state index contributed by atoms with van der Waals surface area (Å²) in [5.74, 6) is -2.26. The fraction of sp³-hybridized carbons (Fsp3) is 0.125. The van der Waals surface area contributed by atoms with E-state index in [0.29, 0.717) is 23.2 Å². The van der Waals surface area contributed by atoms with Crippen LogP contribution in [0.2, 0.25) is 0 Å². The van der Waals surface area contributed by atoms with Crippen molar-refractivity contribution in [3.63, 3.8) is 0 Å². The van der Waals surface area contributed by atoms with Crippen LogP contribution < -0.4 is 15.4 Å². The number of nitrogens with one attached hydrogen (secondary N) is 2. The maximum Gasteiger partial charge on any atom is 0.265 e. The standard InChI is InChI=1S/C16H12F2N2O3/c1-8-15(21)20-13-7-10(3-5-14(13)23-8)19-16(22)11-4-2-9(17)6-12(11)18/h2-8H,1H3,(H,19,22)(H,20,21)/t8-/m1/s1. The lowest BCUT2D eigenvalue weighted by Gasteiger charge is -2.23. The zero-order valence-corrected chi connectivity index (χ0v) is 12.0. The summed E-state index contributed by atoms with van der Waals surface area (Å²) in [6, 6.07) is 7.34. The number of halogens is 2. The molecule has 2 amide bonds. The molecule has 5 nitrogen and oxygen atoms in total. The van der Waals surface area contributed by atoms with Crippen LogP contribution in [0.25, 0.3) is 0 Å². The van der Waals surface area contributed by atoms with Crippen molar-refractivity contribution in [2.24, 2.45) is 0 Å². The topological polar surface area (TPSA) is 67.4 Å². The van der Waals surface area contributed by atoms with Gasteiger partial charge in [0, 0.05) is 11.8 Å². The predicted octanol–water partition coefficient (Wildman–Crippen LogP) is 2.94. The Balaban J connectivity index is 1.82. The monoisotopic (exact) mass is 318 g/mol. The van der Waals surface area contributed by atoms with Gasteiger partial charge in [0.1, 0.15) is 17.4 Å². The van der Waals surface area contributed by atoms with Crippen LogP contribution in [-0.4, -0.2) is 17.9 Å². The van der Waals surface area contributed by atoms with Gasteiger partial charge >= 0.3 is 0 Å². The second-order valence-corrected chi connectivity index (χ2v) is 5.04. The van der Waals surface area contributed by atoms with Gasteiger partial charge in [0.2, 0.25) is 0 Å². The minimum absolute atomic E-state index is 0.280. The Bertz CT molecular complexity index is 808. The van der Waals surface area contributed by atoms with Crippen molar-refractivity contribution >= 4 is 23.2 Å². The predicted molar refractivity (Wildman–Crippen MR) is 79.5 cm³/mol. The van der Waals surface area contributed by atoms with Crippen LogP contribution in [0.1, 0.15) is 17.3 Å². The first-order chi connectivity index (χ1) is 10.9. The van der Waals surface area contributed by atoms with E-state index < -0.39 is 23.6 Å². The van der Waals surface area contributed by atoms with Crippen molar-refractivity contribution in [1.29, 1.82) is 0 Å². The molecule has 0 aliphatic carbocycles. The average Bonchev–Trinajstić information content (AvgIpc) is 2.48. The van der Waals surface area contributed by atoms with Crippen LogP contribution in [0, 0.1) is 11.6 Å². The van der Waals surface area contributed by atoms with E-state index in [1.165, 1.54) is 6.07 Å². The number of rotatable bonds is 2. The van der Waals surface area contributed by atoms with Gasteiger partial charge in [-0.15, -0.1) is 0 Å². The molecule has 1 atom stereocenters. The highest BCUT2D eigenvalue weighted by atomic mass is 19.1. The number of ether oxygens (including phenoxy) is 1. The minimum atomic E-state index is -0.953. The number of hydrogen-bond acceptors (Lipinski definition) is 3. The molecule has 1 heterocycles. The van der Waals surface area contributed by atoms with Gasteiger partial charge in [-0.25, -0.2) is 8.78 Å². The normalized spacial score (nSPS) is 16.1. The molecule has 7 heteroatoms. The van der Waals surface area contributed by atoms with Crippen molar-refractivity contribution in [1.82, 2.24) is 0 Å². The maximum absolute atomic E-state index is 13.6. The molecule has 1 aliphatic rings. The summed E-state index contributed by atoms with van der Waals surface area (Å²) in [7, 11) is 0. The second kappa shape index (κ2) is 5.68. The molecular formula is C16H12F2N2O3. The van der Waals surface area contributed by atoms with Gasteiger partial charge < -0.3 is 15.4 Å². The molecule has 118 valence electrons. The molecule has 0 fully saturated rings. The zero-order chi connectivity index (χ0) is 16.6. The Morgan fingerprint density at radius 1 is 1.22 bits per heavy atom. The van der Waals surface area contributed by atoms with Gasteiger partial charge in [-0.2, -0.15) is 0 Å². The number of benzene rings is 2. The van der Waals surface area contributed by atoms with Crippen molar-refractivity contribution in [3.8, 4) is 5.75 Å². The fourth-order valence-electron chi connectivity index (χ4n) is 2.16. The van der Waals surface area contributed by atoms with E-state index in [1.807, 2.05) is 0 Å². The lowest BCUT2D eigenvalue weighted by atomic mass is 10.1. The van der Waals surface area contributed by atoms with E-state index in [-0.39, 0.29) is 11.5 Å². The smallest absolute Gasteiger partial charge is 0.265 e. The van der Waals surface area contributed by atoms with Gasteiger partial charge in [0.15, 0.2) is 6.10 Å². The Hall–Kier alpha value is -2.96. The third-order valence-corrected chi connectivity index (χ3v) is 3.34. The van der Waals surface area contributed by atoms with Crippen molar-refractivity contribution in [2.75, 3.05) is 10.6 Å². The molecule has 2 N–H and O–H groups in total. The van der Waals surface area contributed by atoms with Crippen LogP contribution >= 0.6 is 0 Å². The Labute approximate surface area is 130 Å². The Kier molecular flexibility index (Phi) is 3.69. The Morgan fingerprint density at radius 2 is 2.00 bits per heavy atom. The molecule has 2 aromatic rings. The lowest BCUT2D eigenvalue weighted by molar-refractivity contribution is -0.122. The Morgan fingerprint density at radius 3 is 2.74 bits per heavy atom. The maximum atomic E-state index is 13.6. The third-order valence-electron chi connectivity index (χ3n) is 3.34. The zero-order valence-electron chi connectivity index (χ0n) is 12.0. The van der Waals surface area contributed by atoms with E-state index in [4.69, 9.17) is 4.74 Å². The number of anilines is 2. The third kappa shape index (κ3) is 2.98. The van der Waals surface area contributed by atoms with Crippen molar-refractivity contribution in [2.45, 2.75) is 13.0 Å². The number of amides is 2. The molecular weight excluding hydrogens is 306 g/mol. The molecule has 0 saturated carbocycles. The number of carbonyl (C=O) groups is 2. The highest BCUT2D eigenvalue weighted by Crippen LogP contribution is 2.32. The van der Waals surface area contributed by atoms with Crippen LogP contribution in [0.5, 0.6) is 5.75 Å². The highest BCUT2D eigenvalue weighted by Gasteiger charge is 2.23. The van der Waals surface area contributed by atoms with E-state index in [2.05, 4.69) is 10.6 Å². The van der Waals surface area contributed by atoms with Gasteiger partial charge in [0.05, 0.1) is 11.3 Å². The molecule has 0 aromatic heterocycles. The van der Waals surface area contributed by atoms with Crippen LogP contribution in [0.15, 0.2) is 36.4 Å². The molecule has 0 saturated heterocycles. The first-order valence-electron chi connectivity index (χ1n) is 6.82. The molecule has 1 aliphatic heterocycles.